The summed E-state index contributed by atoms with van der Waals surface area (Å²) >= 11 is 16.6. The number of carbonyl (C=O) groups is 3. The van der Waals surface area contributed by atoms with Gasteiger partial charge >= 0.3 is 30.5 Å². The van der Waals surface area contributed by atoms with Crippen molar-refractivity contribution in [2.24, 2.45) is 17.3 Å². The van der Waals surface area contributed by atoms with Gasteiger partial charge < -0.3 is 19.5 Å². The monoisotopic (exact) mass is 959 g/mol. The van der Waals surface area contributed by atoms with Gasteiger partial charge in [-0.05, 0) is 53.8 Å². The van der Waals surface area contributed by atoms with Crippen LogP contribution in [0.3, 0.4) is 0 Å². The molecule has 1 fully saturated rings. The Balaban J connectivity index is 0.000000277. The third-order valence-corrected chi connectivity index (χ3v) is 9.72. The molecular formula is C40H27Cl3F11N3O6. The number of anilines is 1. The lowest BCUT2D eigenvalue weighted by Crippen LogP contribution is -2.45. The van der Waals surface area contributed by atoms with Crippen molar-refractivity contribution in [1.82, 2.24) is 5.32 Å². The van der Waals surface area contributed by atoms with Gasteiger partial charge in [0.05, 0.1) is 21.7 Å². The second-order valence-electron chi connectivity index (χ2n) is 13.6. The number of nitriles is 1. The van der Waals surface area contributed by atoms with Crippen molar-refractivity contribution in [3.05, 3.63) is 129 Å². The van der Waals surface area contributed by atoms with Crippen molar-refractivity contribution in [2.45, 2.75) is 44.6 Å². The minimum atomic E-state index is -5.94. The van der Waals surface area contributed by atoms with E-state index in [-0.39, 0.29) is 0 Å². The average Bonchev–Trinajstić information content (AvgIpc) is 3.73. The Kier molecular flexibility index (Phi) is 15.6. The van der Waals surface area contributed by atoms with Gasteiger partial charge in [0, 0.05) is 11.6 Å². The Hall–Kier alpha value is -5.78. The summed E-state index contributed by atoms with van der Waals surface area (Å²) in [6.07, 6.45) is -21.1. The van der Waals surface area contributed by atoms with Crippen LogP contribution >= 0.6 is 34.8 Å². The maximum atomic E-state index is 13.6. The third kappa shape index (κ3) is 12.9. The van der Waals surface area contributed by atoms with Crippen LogP contribution in [0.2, 0.25) is 10.0 Å². The topological polar surface area (TPSA) is 127 Å². The summed E-state index contributed by atoms with van der Waals surface area (Å²) in [4.78, 5) is 36.4. The number of hydrogen-bond donors (Lipinski definition) is 2. The number of halogens is 14. The summed E-state index contributed by atoms with van der Waals surface area (Å²) in [5.41, 5.74) is -1.92. The number of imide groups is 1. The molecule has 0 heterocycles. The van der Waals surface area contributed by atoms with Gasteiger partial charge in [-0.15, -0.1) is 0 Å². The molecular weight excluding hydrogens is 934 g/mol. The average molecular weight is 961 g/mol. The Labute approximate surface area is 364 Å². The van der Waals surface area contributed by atoms with Gasteiger partial charge in [-0.25, -0.2) is 18.0 Å². The molecule has 4 aromatic rings. The zero-order valence-corrected chi connectivity index (χ0v) is 33.9. The lowest BCUT2D eigenvalue weighted by atomic mass is 10.1. The molecule has 1 aliphatic rings. The molecule has 1 unspecified atom stereocenters. The fourth-order valence-electron chi connectivity index (χ4n) is 5.54. The molecule has 1 saturated carbocycles. The van der Waals surface area contributed by atoms with Crippen LogP contribution < -0.4 is 20.1 Å². The van der Waals surface area contributed by atoms with Gasteiger partial charge in [0.15, 0.2) is 0 Å². The largest absolute Gasteiger partial charge is 0.457 e. The van der Waals surface area contributed by atoms with Crippen molar-refractivity contribution in [2.75, 3.05) is 5.32 Å². The third-order valence-electron chi connectivity index (χ3n) is 8.77. The van der Waals surface area contributed by atoms with E-state index in [0.717, 1.165) is 24.3 Å². The Bertz CT molecular complexity index is 2390. The van der Waals surface area contributed by atoms with Gasteiger partial charge in [-0.2, -0.15) is 40.4 Å². The number of para-hydroxylation sites is 1. The maximum absolute atomic E-state index is 13.6. The first-order chi connectivity index (χ1) is 29.2. The second-order valence-corrected chi connectivity index (χ2v) is 14.8. The number of benzene rings is 4. The number of rotatable bonds is 11. The fraction of sp³-hybridized carbons (Fsp3) is 0.250. The van der Waals surface area contributed by atoms with Gasteiger partial charge in [-0.1, -0.05) is 91.1 Å². The molecule has 9 nitrogen and oxygen atoms in total. The molecule has 1 aliphatic carbocycles. The predicted octanol–water partition coefficient (Wildman–Crippen LogP) is 12.6. The van der Waals surface area contributed by atoms with E-state index in [1.165, 1.54) is 0 Å². The molecule has 23 heteroatoms. The molecule has 63 heavy (non-hydrogen) atoms. The first-order valence-electron chi connectivity index (χ1n) is 17.4. The molecule has 4 aromatic carbocycles. The van der Waals surface area contributed by atoms with Crippen LogP contribution in [0.25, 0.3) is 0 Å². The molecule has 5 rings (SSSR count). The van der Waals surface area contributed by atoms with E-state index < -0.39 is 110 Å². The Morgan fingerprint density at radius 1 is 0.841 bits per heavy atom. The minimum absolute atomic E-state index is 0.392. The molecule has 4 atom stereocenters. The number of urea groups is 1. The molecule has 0 radical (unpaired) electrons. The van der Waals surface area contributed by atoms with E-state index in [1.807, 2.05) is 29.6 Å². The maximum Gasteiger partial charge on any atom is 0.439 e. The Morgan fingerprint density at radius 3 is 2.00 bits per heavy atom. The summed E-state index contributed by atoms with van der Waals surface area (Å²) in [5.74, 6) is -6.47. The van der Waals surface area contributed by atoms with Gasteiger partial charge in [0.25, 0.3) is 12.1 Å². The number of nitrogens with one attached hydrogen (secondary N) is 2. The highest BCUT2D eigenvalue weighted by molar-refractivity contribution is 6.36. The molecule has 336 valence electrons. The quantitative estimate of drug-likeness (QED) is 0.113. The molecule has 0 bridgehead atoms. The van der Waals surface area contributed by atoms with Crippen LogP contribution in [-0.4, -0.2) is 42.5 Å². The highest BCUT2D eigenvalue weighted by Crippen LogP contribution is 2.61. The highest BCUT2D eigenvalue weighted by atomic mass is 35.5. The normalized spacial score (nSPS) is 16.8. The molecule has 0 saturated heterocycles. The van der Waals surface area contributed by atoms with Crippen molar-refractivity contribution in [3.63, 3.8) is 0 Å². The van der Waals surface area contributed by atoms with E-state index in [4.69, 9.17) is 44.3 Å². The van der Waals surface area contributed by atoms with Crippen LogP contribution in [0.4, 0.5) is 58.8 Å². The number of amides is 3. The molecule has 3 amide bonds. The smallest absolute Gasteiger partial charge is 0.439 e. The van der Waals surface area contributed by atoms with Crippen LogP contribution in [0, 0.1) is 40.2 Å². The number of ether oxygens (including phenoxy) is 3. The summed E-state index contributed by atoms with van der Waals surface area (Å²) in [5, 5.41) is 10.2. The standard InChI is InChI=1S/C23H19ClF3NO3.C17H8Cl2F8N2O3/c1-22(2)17(12-19(24)23(25,26)27)20(22)21(29)31-18(13-28)14-7-6-10-16(11-14)30-15-8-4-3-5-9-15;18-6-5-11(32-17(26,27)14(22)16(23,24)25)7(19)4-10(6)28-15(31)29-13(30)12-8(20)2-1-3-9(12)21/h3-12,17-18,20H,1-2H3;1-5,14H,(H2,28,29,30,31)/b19-12-;/t17-,18+,20-;/m0./s1. The second kappa shape index (κ2) is 19.7. The molecule has 2 N–H and O–H groups in total. The SMILES string of the molecule is CC1(C)[C@H](C(=O)O[C@H](C#N)c2cccc(Oc3ccccc3)c2)[C@@H]1/C=C(\Cl)C(F)(F)F.O=C(NC(=O)c1c(F)cccc1F)Nc1cc(Cl)c(OC(F)(F)C(F)C(F)(F)F)cc1Cl. The van der Waals surface area contributed by atoms with Crippen LogP contribution in [0.5, 0.6) is 17.2 Å². The van der Waals surface area contributed by atoms with Crippen molar-refractivity contribution in [1.29, 1.82) is 5.26 Å². The van der Waals surface area contributed by atoms with Crippen LogP contribution in [0.15, 0.2) is 96.0 Å². The number of alkyl halides is 9. The van der Waals surface area contributed by atoms with E-state index >= 15 is 0 Å². The number of nitrogens with zero attached hydrogens (tertiary/aromatic N) is 1. The number of esters is 1. The van der Waals surface area contributed by atoms with E-state index in [2.05, 4.69) is 4.74 Å². The predicted molar refractivity (Wildman–Crippen MR) is 204 cm³/mol. The minimum Gasteiger partial charge on any atom is -0.457 e. The van der Waals surface area contributed by atoms with Crippen LogP contribution in [-0.2, 0) is 9.53 Å². The number of allylic oxidation sites excluding steroid dienone is 2. The first kappa shape index (κ1) is 49.9. The van der Waals surface area contributed by atoms with Gasteiger partial charge in [0.2, 0.25) is 6.10 Å². The Morgan fingerprint density at radius 2 is 1.43 bits per heavy atom. The zero-order valence-electron chi connectivity index (χ0n) is 31.7. The molecule has 0 aromatic heterocycles. The zero-order chi connectivity index (χ0) is 47.2. The summed E-state index contributed by atoms with van der Waals surface area (Å²) < 4.78 is 156. The molecule has 0 spiro atoms. The van der Waals surface area contributed by atoms with E-state index in [1.54, 1.807) is 55.6 Å². The van der Waals surface area contributed by atoms with Crippen LogP contribution in [0.1, 0.15) is 35.9 Å². The van der Waals surface area contributed by atoms with Gasteiger partial charge in [0.1, 0.15) is 45.5 Å². The fourth-order valence-corrected chi connectivity index (χ4v) is 6.08. The first-order valence-corrected chi connectivity index (χ1v) is 18.5. The highest BCUT2D eigenvalue weighted by Gasteiger charge is 2.63. The number of hydrogen-bond acceptors (Lipinski definition) is 7. The van der Waals surface area contributed by atoms with Crippen molar-refractivity contribution >= 4 is 58.4 Å². The summed E-state index contributed by atoms with van der Waals surface area (Å²) in [6, 6.07) is 19.6. The van der Waals surface area contributed by atoms with E-state index in [9.17, 15) is 67.9 Å². The van der Waals surface area contributed by atoms with E-state index in [0.29, 0.717) is 29.2 Å². The van der Waals surface area contributed by atoms with Gasteiger partial charge in [-0.3, -0.25) is 14.9 Å². The summed E-state index contributed by atoms with van der Waals surface area (Å²) in [7, 11) is 0. The van der Waals surface area contributed by atoms with Crippen molar-refractivity contribution < 1.29 is 76.9 Å². The lowest BCUT2D eigenvalue weighted by molar-refractivity contribution is -0.304. The lowest BCUT2D eigenvalue weighted by Gasteiger charge is -2.24. The summed E-state index contributed by atoms with van der Waals surface area (Å²) in [6.45, 7) is 3.30. The van der Waals surface area contributed by atoms with Crippen molar-refractivity contribution in [3.8, 4) is 23.3 Å². The molecule has 0 aliphatic heterocycles. The number of carbonyl (C=O) groups excluding carboxylic acids is 3.